The average Bonchev–Trinajstić information content (AvgIpc) is 2.46. The summed E-state index contributed by atoms with van der Waals surface area (Å²) in [5.41, 5.74) is 6.34. The smallest absolute Gasteiger partial charge is 0.189 e. The summed E-state index contributed by atoms with van der Waals surface area (Å²) in [5.74, 6) is 0.156. The lowest BCUT2D eigenvalue weighted by Gasteiger charge is -2.19. The van der Waals surface area contributed by atoms with Gasteiger partial charge in [-0.3, -0.25) is 9.78 Å². The number of Topliss-reactive ketones (excluding diaryl/α,β-unsaturated/α-hetero) is 1. The molecule has 2 aromatic rings. The number of hydrogen-bond acceptors (Lipinski definition) is 2. The molecule has 1 heterocycles. The van der Waals surface area contributed by atoms with Crippen molar-refractivity contribution in [3.05, 3.63) is 68.5 Å². The van der Waals surface area contributed by atoms with Gasteiger partial charge in [0.15, 0.2) is 5.78 Å². The minimum absolute atomic E-state index is 0.156. The van der Waals surface area contributed by atoms with Crippen LogP contribution in [0.15, 0.2) is 40.6 Å². The number of fused-ring (bicyclic) bond motifs is 1. The van der Waals surface area contributed by atoms with Crippen molar-refractivity contribution in [2.75, 3.05) is 0 Å². The van der Waals surface area contributed by atoms with Gasteiger partial charge in [0.2, 0.25) is 0 Å². The van der Waals surface area contributed by atoms with Gasteiger partial charge in [-0.15, -0.1) is 0 Å². The number of halogens is 1. The highest BCUT2D eigenvalue weighted by molar-refractivity contribution is 9.10. The number of ketones is 1. The van der Waals surface area contributed by atoms with Gasteiger partial charge in [0.05, 0.1) is 0 Å². The third kappa shape index (κ3) is 2.70. The zero-order valence-electron chi connectivity index (χ0n) is 12.1. The molecule has 1 aromatic heterocycles. The largest absolute Gasteiger partial charge is 0.289 e. The molecule has 1 aliphatic carbocycles. The van der Waals surface area contributed by atoms with Gasteiger partial charge in [0, 0.05) is 28.0 Å². The average molecular weight is 342 g/mol. The van der Waals surface area contributed by atoms with Crippen LogP contribution in [0.25, 0.3) is 6.08 Å². The minimum atomic E-state index is 0.156. The Balaban J connectivity index is 2.03. The van der Waals surface area contributed by atoms with Crippen LogP contribution in [-0.4, -0.2) is 10.8 Å². The van der Waals surface area contributed by atoms with Crippen molar-refractivity contribution in [3.63, 3.8) is 0 Å². The predicted octanol–water partition coefficient (Wildman–Crippen LogP) is 4.67. The Bertz CT molecular complexity index is 762. The molecule has 3 heteroatoms. The number of pyridine rings is 1. The highest BCUT2D eigenvalue weighted by atomic mass is 79.9. The number of benzene rings is 1. The van der Waals surface area contributed by atoms with E-state index in [1.165, 1.54) is 16.7 Å². The zero-order chi connectivity index (χ0) is 15.0. The number of carbonyl (C=O) groups is 1. The van der Waals surface area contributed by atoms with Crippen LogP contribution < -0.4 is 0 Å². The molecule has 0 saturated heterocycles. The molecule has 0 saturated carbocycles. The lowest BCUT2D eigenvalue weighted by atomic mass is 9.84. The van der Waals surface area contributed by atoms with Crippen LogP contribution in [0.4, 0.5) is 0 Å². The highest BCUT2D eigenvalue weighted by Crippen LogP contribution is 2.29. The van der Waals surface area contributed by atoms with Crippen molar-refractivity contribution in [2.24, 2.45) is 0 Å². The molecule has 0 fully saturated rings. The van der Waals surface area contributed by atoms with E-state index in [1.54, 1.807) is 12.4 Å². The van der Waals surface area contributed by atoms with E-state index in [0.29, 0.717) is 0 Å². The van der Waals surface area contributed by atoms with E-state index in [9.17, 15) is 4.79 Å². The van der Waals surface area contributed by atoms with Gasteiger partial charge in [0.1, 0.15) is 0 Å². The molecular weight excluding hydrogens is 326 g/mol. The molecule has 0 atom stereocenters. The second-order valence-electron chi connectivity index (χ2n) is 5.49. The zero-order valence-corrected chi connectivity index (χ0v) is 13.7. The summed E-state index contributed by atoms with van der Waals surface area (Å²) < 4.78 is 0.913. The molecule has 106 valence electrons. The van der Waals surface area contributed by atoms with Crippen LogP contribution in [0.3, 0.4) is 0 Å². The number of rotatable bonds is 1. The number of nitrogens with zero attached hydrogens (tertiary/aromatic N) is 1. The molecular formula is C18H16BrNO. The number of hydrogen-bond donors (Lipinski definition) is 0. The second kappa shape index (κ2) is 5.57. The number of allylic oxidation sites excluding steroid dienone is 1. The Morgan fingerprint density at radius 1 is 1.19 bits per heavy atom. The third-order valence-electron chi connectivity index (χ3n) is 4.05. The van der Waals surface area contributed by atoms with E-state index in [-0.39, 0.29) is 5.78 Å². The molecule has 0 radical (unpaired) electrons. The Kier molecular flexibility index (Phi) is 3.77. The quantitative estimate of drug-likeness (QED) is 0.705. The van der Waals surface area contributed by atoms with E-state index in [2.05, 4.69) is 40.8 Å². The molecule has 0 amide bonds. The van der Waals surface area contributed by atoms with Crippen LogP contribution in [0, 0.1) is 13.8 Å². The van der Waals surface area contributed by atoms with Crippen LogP contribution in [0.2, 0.25) is 0 Å². The van der Waals surface area contributed by atoms with E-state index < -0.39 is 0 Å². The Hall–Kier alpha value is -1.74. The Labute approximate surface area is 133 Å². The molecule has 21 heavy (non-hydrogen) atoms. The number of aromatic nitrogens is 1. The fraction of sp³-hybridized carbons (Fsp3) is 0.222. The molecule has 1 aliphatic rings. The summed E-state index contributed by atoms with van der Waals surface area (Å²) in [6, 6.07) is 6.10. The van der Waals surface area contributed by atoms with E-state index >= 15 is 0 Å². The molecule has 0 unspecified atom stereocenters. The van der Waals surface area contributed by atoms with E-state index in [0.717, 1.165) is 34.0 Å². The predicted molar refractivity (Wildman–Crippen MR) is 88.5 cm³/mol. The SMILES string of the molecule is Cc1cc2c(cc1C)C(=O)/C(=C/c1ccncc1Br)CC2. The monoisotopic (exact) mass is 341 g/mol. The normalized spacial score (nSPS) is 16.1. The first kappa shape index (κ1) is 14.2. The fourth-order valence-electron chi connectivity index (χ4n) is 2.68. The molecule has 3 rings (SSSR count). The lowest BCUT2D eigenvalue weighted by Crippen LogP contribution is -2.15. The van der Waals surface area contributed by atoms with Crippen molar-refractivity contribution < 1.29 is 4.79 Å². The van der Waals surface area contributed by atoms with Crippen LogP contribution in [0.5, 0.6) is 0 Å². The number of aryl methyl sites for hydroxylation is 3. The van der Waals surface area contributed by atoms with Crippen LogP contribution >= 0.6 is 15.9 Å². The summed E-state index contributed by atoms with van der Waals surface area (Å²) >= 11 is 3.48. The van der Waals surface area contributed by atoms with Gasteiger partial charge < -0.3 is 0 Å². The maximum atomic E-state index is 12.7. The summed E-state index contributed by atoms with van der Waals surface area (Å²) in [7, 11) is 0. The molecule has 1 aromatic carbocycles. The van der Waals surface area contributed by atoms with Crippen molar-refractivity contribution in [3.8, 4) is 0 Å². The highest BCUT2D eigenvalue weighted by Gasteiger charge is 2.22. The molecule has 2 nitrogen and oxygen atoms in total. The van der Waals surface area contributed by atoms with Gasteiger partial charge in [-0.05, 0) is 83.1 Å². The summed E-state index contributed by atoms with van der Waals surface area (Å²) in [4.78, 5) is 16.7. The standard InChI is InChI=1S/C18H16BrNO/c1-11-7-13-3-4-15(18(21)16(13)8-12(11)2)9-14-5-6-20-10-17(14)19/h5-10H,3-4H2,1-2H3/b15-9+. The maximum Gasteiger partial charge on any atom is 0.189 e. The van der Waals surface area contributed by atoms with Gasteiger partial charge in [-0.25, -0.2) is 0 Å². The summed E-state index contributed by atoms with van der Waals surface area (Å²) in [6.45, 7) is 4.15. The first-order valence-electron chi connectivity index (χ1n) is 7.01. The number of carbonyl (C=O) groups excluding carboxylic acids is 1. The topological polar surface area (TPSA) is 30.0 Å². The van der Waals surface area contributed by atoms with Crippen molar-refractivity contribution in [1.82, 2.24) is 4.98 Å². The van der Waals surface area contributed by atoms with Crippen molar-refractivity contribution in [2.45, 2.75) is 26.7 Å². The lowest BCUT2D eigenvalue weighted by molar-refractivity contribution is 0.102. The summed E-state index contributed by atoms with van der Waals surface area (Å²) in [6.07, 6.45) is 7.19. The second-order valence-corrected chi connectivity index (χ2v) is 6.34. The first-order valence-corrected chi connectivity index (χ1v) is 7.80. The summed E-state index contributed by atoms with van der Waals surface area (Å²) in [5, 5.41) is 0. The Morgan fingerprint density at radius 2 is 1.95 bits per heavy atom. The van der Waals surface area contributed by atoms with Crippen LogP contribution in [-0.2, 0) is 6.42 Å². The third-order valence-corrected chi connectivity index (χ3v) is 4.72. The van der Waals surface area contributed by atoms with E-state index in [4.69, 9.17) is 0 Å². The van der Waals surface area contributed by atoms with Gasteiger partial charge >= 0.3 is 0 Å². The maximum absolute atomic E-state index is 12.7. The Morgan fingerprint density at radius 3 is 2.71 bits per heavy atom. The van der Waals surface area contributed by atoms with Gasteiger partial charge in [-0.1, -0.05) is 6.07 Å². The van der Waals surface area contributed by atoms with Crippen molar-refractivity contribution >= 4 is 27.8 Å². The molecule has 0 bridgehead atoms. The molecule has 0 aliphatic heterocycles. The van der Waals surface area contributed by atoms with Gasteiger partial charge in [-0.2, -0.15) is 0 Å². The van der Waals surface area contributed by atoms with Gasteiger partial charge in [0.25, 0.3) is 0 Å². The van der Waals surface area contributed by atoms with Crippen LogP contribution in [0.1, 0.15) is 39.0 Å². The van der Waals surface area contributed by atoms with E-state index in [1.807, 2.05) is 18.2 Å². The minimum Gasteiger partial charge on any atom is -0.289 e. The first-order chi connectivity index (χ1) is 10.1. The molecule has 0 N–H and O–H groups in total. The van der Waals surface area contributed by atoms with Crippen molar-refractivity contribution in [1.29, 1.82) is 0 Å². The molecule has 0 spiro atoms. The fourth-order valence-corrected chi connectivity index (χ4v) is 3.04.